The van der Waals surface area contributed by atoms with E-state index < -0.39 is 5.97 Å². The average Bonchev–Trinajstić information content (AvgIpc) is 2.93. The summed E-state index contributed by atoms with van der Waals surface area (Å²) in [5.74, 6) is 0.428. The predicted octanol–water partition coefficient (Wildman–Crippen LogP) is 2.31. The minimum absolute atomic E-state index is 0.105. The molecule has 5 heteroatoms. The molecule has 0 fully saturated rings. The van der Waals surface area contributed by atoms with Crippen LogP contribution in [0.3, 0.4) is 0 Å². The highest BCUT2D eigenvalue weighted by Gasteiger charge is 2.12. The third kappa shape index (κ3) is 3.42. The van der Waals surface area contributed by atoms with Gasteiger partial charge in [0, 0.05) is 12.2 Å². The molecule has 19 heavy (non-hydrogen) atoms. The van der Waals surface area contributed by atoms with Crippen LogP contribution < -0.4 is 5.32 Å². The van der Waals surface area contributed by atoms with Crippen molar-refractivity contribution in [1.29, 1.82) is 0 Å². The Balaban J connectivity index is 1.92. The molecule has 2 rings (SSSR count). The summed E-state index contributed by atoms with van der Waals surface area (Å²) in [5, 5.41) is 3.28. The third-order valence-corrected chi connectivity index (χ3v) is 2.76. The number of aromatic nitrogens is 1. The molecule has 0 radical (unpaired) electrons. The zero-order valence-electron chi connectivity index (χ0n) is 10.9. The molecule has 0 aliphatic rings. The van der Waals surface area contributed by atoms with Crippen LogP contribution in [0.5, 0.6) is 0 Å². The Bertz CT molecular complexity index is 537. The van der Waals surface area contributed by atoms with Crippen LogP contribution in [0.1, 0.15) is 35.0 Å². The second-order valence-corrected chi connectivity index (χ2v) is 4.11. The SMILES string of the molecule is COC(=O)c1ccc(CN[C@@H](C)c2ccccn2)o1. The second kappa shape index (κ2) is 6.15. The average molecular weight is 260 g/mol. The predicted molar refractivity (Wildman–Crippen MR) is 69.5 cm³/mol. The molecule has 2 heterocycles. The van der Waals surface area contributed by atoms with Gasteiger partial charge in [-0.05, 0) is 31.2 Å². The Hall–Kier alpha value is -2.14. The maximum atomic E-state index is 11.2. The Morgan fingerprint density at radius 1 is 1.42 bits per heavy atom. The van der Waals surface area contributed by atoms with Crippen LogP contribution >= 0.6 is 0 Å². The molecule has 0 aliphatic carbocycles. The lowest BCUT2D eigenvalue weighted by Gasteiger charge is -2.11. The fraction of sp³-hybridized carbons (Fsp3) is 0.286. The van der Waals surface area contributed by atoms with Gasteiger partial charge in [-0.25, -0.2) is 4.79 Å². The van der Waals surface area contributed by atoms with E-state index in [2.05, 4.69) is 15.0 Å². The molecule has 0 unspecified atom stereocenters. The van der Waals surface area contributed by atoms with Gasteiger partial charge in [-0.1, -0.05) is 6.07 Å². The van der Waals surface area contributed by atoms with Gasteiger partial charge < -0.3 is 14.5 Å². The van der Waals surface area contributed by atoms with E-state index in [0.717, 1.165) is 5.69 Å². The first-order chi connectivity index (χ1) is 9.20. The zero-order chi connectivity index (χ0) is 13.7. The van der Waals surface area contributed by atoms with Crippen molar-refractivity contribution in [2.24, 2.45) is 0 Å². The van der Waals surface area contributed by atoms with Gasteiger partial charge in [-0.2, -0.15) is 0 Å². The summed E-state index contributed by atoms with van der Waals surface area (Å²) in [5.41, 5.74) is 0.960. The van der Waals surface area contributed by atoms with E-state index in [9.17, 15) is 4.79 Å². The quantitative estimate of drug-likeness (QED) is 0.836. The highest BCUT2D eigenvalue weighted by atomic mass is 16.5. The smallest absolute Gasteiger partial charge is 0.373 e. The number of methoxy groups -OCH3 is 1. The molecule has 2 aromatic rings. The highest BCUT2D eigenvalue weighted by Crippen LogP contribution is 2.12. The van der Waals surface area contributed by atoms with E-state index in [1.54, 1.807) is 18.3 Å². The number of hydrogen-bond donors (Lipinski definition) is 1. The third-order valence-electron chi connectivity index (χ3n) is 2.76. The topological polar surface area (TPSA) is 64.4 Å². The maximum absolute atomic E-state index is 11.2. The molecule has 0 saturated carbocycles. The van der Waals surface area contributed by atoms with Crippen molar-refractivity contribution in [3.8, 4) is 0 Å². The summed E-state index contributed by atoms with van der Waals surface area (Å²) < 4.78 is 9.95. The zero-order valence-corrected chi connectivity index (χ0v) is 10.9. The van der Waals surface area contributed by atoms with Crippen LogP contribution in [-0.4, -0.2) is 18.1 Å². The number of pyridine rings is 1. The summed E-state index contributed by atoms with van der Waals surface area (Å²) in [4.78, 5) is 15.5. The molecule has 100 valence electrons. The van der Waals surface area contributed by atoms with Crippen LogP contribution in [0.2, 0.25) is 0 Å². The molecule has 0 aromatic carbocycles. The van der Waals surface area contributed by atoms with E-state index in [4.69, 9.17) is 4.42 Å². The normalized spacial score (nSPS) is 12.1. The molecule has 0 spiro atoms. The van der Waals surface area contributed by atoms with Gasteiger partial charge in [0.15, 0.2) is 0 Å². The lowest BCUT2D eigenvalue weighted by Crippen LogP contribution is -2.18. The molecule has 0 bridgehead atoms. The van der Waals surface area contributed by atoms with Gasteiger partial charge in [-0.15, -0.1) is 0 Å². The van der Waals surface area contributed by atoms with Gasteiger partial charge in [0.2, 0.25) is 5.76 Å². The molecule has 1 N–H and O–H groups in total. The first-order valence-corrected chi connectivity index (χ1v) is 6.02. The van der Waals surface area contributed by atoms with E-state index in [0.29, 0.717) is 12.3 Å². The fourth-order valence-electron chi connectivity index (χ4n) is 1.67. The number of nitrogens with zero attached hydrogens (tertiary/aromatic N) is 1. The number of ether oxygens (including phenoxy) is 1. The van der Waals surface area contributed by atoms with E-state index in [1.165, 1.54) is 7.11 Å². The Kier molecular flexibility index (Phi) is 4.30. The fourth-order valence-corrected chi connectivity index (χ4v) is 1.67. The molecule has 1 atom stereocenters. The lowest BCUT2D eigenvalue weighted by atomic mass is 10.2. The van der Waals surface area contributed by atoms with Crippen molar-refractivity contribution >= 4 is 5.97 Å². The molecular formula is C14H16N2O3. The summed E-state index contributed by atoms with van der Waals surface area (Å²) in [7, 11) is 1.33. The first kappa shape index (κ1) is 13.3. The highest BCUT2D eigenvalue weighted by molar-refractivity contribution is 5.86. The van der Waals surface area contributed by atoms with E-state index in [-0.39, 0.29) is 11.8 Å². The second-order valence-electron chi connectivity index (χ2n) is 4.11. The standard InChI is InChI=1S/C14H16N2O3/c1-10(12-5-3-4-8-15-12)16-9-11-6-7-13(19-11)14(17)18-2/h3-8,10,16H,9H2,1-2H3/t10-/m0/s1. The van der Waals surface area contributed by atoms with Crippen LogP contribution in [0.4, 0.5) is 0 Å². The van der Waals surface area contributed by atoms with Gasteiger partial charge in [0.05, 0.1) is 19.3 Å². The van der Waals surface area contributed by atoms with Crippen molar-refractivity contribution < 1.29 is 13.9 Å². The van der Waals surface area contributed by atoms with Crippen molar-refractivity contribution in [2.75, 3.05) is 7.11 Å². The number of carbonyl (C=O) groups excluding carboxylic acids is 1. The largest absolute Gasteiger partial charge is 0.463 e. The van der Waals surface area contributed by atoms with E-state index >= 15 is 0 Å². The summed E-state index contributed by atoms with van der Waals surface area (Å²) in [6.45, 7) is 2.54. The molecule has 0 amide bonds. The lowest BCUT2D eigenvalue weighted by molar-refractivity contribution is 0.0563. The van der Waals surface area contributed by atoms with Gasteiger partial charge in [0.25, 0.3) is 0 Å². The van der Waals surface area contributed by atoms with Gasteiger partial charge >= 0.3 is 5.97 Å². The van der Waals surface area contributed by atoms with Crippen molar-refractivity contribution in [2.45, 2.75) is 19.5 Å². The minimum Gasteiger partial charge on any atom is -0.463 e. The van der Waals surface area contributed by atoms with Gasteiger partial charge in [-0.3, -0.25) is 4.98 Å². The summed E-state index contributed by atoms with van der Waals surface area (Å²) >= 11 is 0. The monoisotopic (exact) mass is 260 g/mol. The molecular weight excluding hydrogens is 244 g/mol. The Labute approximate surface area is 111 Å². The molecule has 0 saturated heterocycles. The number of esters is 1. The maximum Gasteiger partial charge on any atom is 0.373 e. The van der Waals surface area contributed by atoms with Crippen LogP contribution in [0, 0.1) is 0 Å². The Morgan fingerprint density at radius 3 is 2.95 bits per heavy atom. The summed E-state index contributed by atoms with van der Waals surface area (Å²) in [6, 6.07) is 9.25. The summed E-state index contributed by atoms with van der Waals surface area (Å²) in [6.07, 6.45) is 1.76. The number of nitrogens with one attached hydrogen (secondary N) is 1. The van der Waals surface area contributed by atoms with Crippen LogP contribution in [0.15, 0.2) is 40.9 Å². The number of carbonyl (C=O) groups is 1. The van der Waals surface area contributed by atoms with Crippen molar-refractivity contribution in [3.63, 3.8) is 0 Å². The number of rotatable bonds is 5. The molecule has 5 nitrogen and oxygen atoms in total. The molecule has 0 aliphatic heterocycles. The number of hydrogen-bond acceptors (Lipinski definition) is 5. The molecule has 2 aromatic heterocycles. The minimum atomic E-state index is -0.468. The van der Waals surface area contributed by atoms with Crippen molar-refractivity contribution in [3.05, 3.63) is 53.7 Å². The Morgan fingerprint density at radius 2 is 2.26 bits per heavy atom. The van der Waals surface area contributed by atoms with Crippen LogP contribution in [0.25, 0.3) is 0 Å². The van der Waals surface area contributed by atoms with Gasteiger partial charge in [0.1, 0.15) is 5.76 Å². The first-order valence-electron chi connectivity index (χ1n) is 6.02. The van der Waals surface area contributed by atoms with Crippen LogP contribution in [-0.2, 0) is 11.3 Å². The number of furan rings is 1. The van der Waals surface area contributed by atoms with E-state index in [1.807, 2.05) is 25.1 Å². The van der Waals surface area contributed by atoms with Crippen molar-refractivity contribution in [1.82, 2.24) is 10.3 Å².